The van der Waals surface area contributed by atoms with Crippen molar-refractivity contribution in [1.82, 2.24) is 14.8 Å². The Morgan fingerprint density at radius 3 is 2.58 bits per heavy atom. The van der Waals surface area contributed by atoms with Crippen LogP contribution in [0.15, 0.2) is 66.7 Å². The molecule has 1 aromatic heterocycles. The van der Waals surface area contributed by atoms with Gasteiger partial charge >= 0.3 is 0 Å². The maximum atomic E-state index is 12.9. The lowest BCUT2D eigenvalue weighted by atomic mass is 10.1. The molecular formula is C24H21ClN4O2. The lowest BCUT2D eigenvalue weighted by Crippen LogP contribution is -2.14. The molecule has 6 nitrogen and oxygen atoms in total. The molecule has 156 valence electrons. The van der Waals surface area contributed by atoms with Crippen LogP contribution in [0.5, 0.6) is 5.75 Å². The summed E-state index contributed by atoms with van der Waals surface area (Å²) >= 11 is 6.34. The highest BCUT2D eigenvalue weighted by molar-refractivity contribution is 6.31. The van der Waals surface area contributed by atoms with Crippen LogP contribution in [0.1, 0.15) is 21.7 Å². The van der Waals surface area contributed by atoms with Crippen LogP contribution in [-0.2, 0) is 0 Å². The lowest BCUT2D eigenvalue weighted by Gasteiger charge is -2.10. The monoisotopic (exact) mass is 432 g/mol. The van der Waals surface area contributed by atoms with Crippen molar-refractivity contribution >= 4 is 23.2 Å². The zero-order valence-corrected chi connectivity index (χ0v) is 18.1. The van der Waals surface area contributed by atoms with Gasteiger partial charge in [-0.05, 0) is 49.7 Å². The predicted molar refractivity (Wildman–Crippen MR) is 122 cm³/mol. The zero-order valence-electron chi connectivity index (χ0n) is 17.4. The number of anilines is 1. The summed E-state index contributed by atoms with van der Waals surface area (Å²) in [6, 6.07) is 20.6. The van der Waals surface area contributed by atoms with Gasteiger partial charge in [-0.15, -0.1) is 5.10 Å². The number of hydrogen-bond donors (Lipinski definition) is 1. The number of benzene rings is 3. The van der Waals surface area contributed by atoms with Crippen LogP contribution in [-0.4, -0.2) is 27.8 Å². The Kier molecular flexibility index (Phi) is 5.73. The van der Waals surface area contributed by atoms with Crippen molar-refractivity contribution in [2.24, 2.45) is 0 Å². The Morgan fingerprint density at radius 1 is 1.03 bits per heavy atom. The molecule has 0 aliphatic heterocycles. The number of carbonyl (C=O) groups excluding carboxylic acids is 1. The molecule has 0 radical (unpaired) electrons. The maximum absolute atomic E-state index is 12.9. The largest absolute Gasteiger partial charge is 0.497 e. The minimum absolute atomic E-state index is 0.0544. The van der Waals surface area contributed by atoms with Gasteiger partial charge in [0.15, 0.2) is 5.82 Å². The highest BCUT2D eigenvalue weighted by Crippen LogP contribution is 2.27. The first kappa shape index (κ1) is 20.6. The van der Waals surface area contributed by atoms with E-state index in [9.17, 15) is 4.79 Å². The first-order valence-corrected chi connectivity index (χ1v) is 10.1. The average Bonchev–Trinajstić information content (AvgIpc) is 3.21. The summed E-state index contributed by atoms with van der Waals surface area (Å²) in [6.07, 6.45) is 0. The number of nitrogens with zero attached hydrogens (tertiary/aromatic N) is 3. The van der Waals surface area contributed by atoms with Gasteiger partial charge in [0.2, 0.25) is 5.82 Å². The number of rotatable bonds is 5. The van der Waals surface area contributed by atoms with Gasteiger partial charge in [-0.3, -0.25) is 4.79 Å². The minimum Gasteiger partial charge on any atom is -0.497 e. The molecule has 0 saturated heterocycles. The first-order chi connectivity index (χ1) is 15.0. The van der Waals surface area contributed by atoms with Gasteiger partial charge in [-0.1, -0.05) is 47.5 Å². The first-order valence-electron chi connectivity index (χ1n) is 9.71. The summed E-state index contributed by atoms with van der Waals surface area (Å²) in [4.78, 5) is 17.5. The summed E-state index contributed by atoms with van der Waals surface area (Å²) in [5.74, 6) is 0.843. The highest BCUT2D eigenvalue weighted by Gasteiger charge is 2.20. The van der Waals surface area contributed by atoms with Gasteiger partial charge in [-0.25, -0.2) is 9.67 Å². The van der Waals surface area contributed by atoms with Crippen molar-refractivity contribution in [3.63, 3.8) is 0 Å². The molecular weight excluding hydrogens is 412 g/mol. The van der Waals surface area contributed by atoms with Crippen LogP contribution in [0.2, 0.25) is 5.02 Å². The molecule has 0 spiro atoms. The molecule has 0 aliphatic carbocycles. The van der Waals surface area contributed by atoms with E-state index in [2.05, 4.69) is 15.4 Å². The number of nitrogens with one attached hydrogen (secondary N) is 1. The van der Waals surface area contributed by atoms with E-state index < -0.39 is 5.91 Å². The highest BCUT2D eigenvalue weighted by atomic mass is 35.5. The van der Waals surface area contributed by atoms with Crippen molar-refractivity contribution in [2.45, 2.75) is 13.8 Å². The number of halogens is 1. The molecule has 0 fully saturated rings. The molecule has 4 rings (SSSR count). The van der Waals surface area contributed by atoms with Gasteiger partial charge in [0.05, 0.1) is 12.8 Å². The second-order valence-corrected chi connectivity index (χ2v) is 7.52. The molecule has 0 aliphatic rings. The molecule has 31 heavy (non-hydrogen) atoms. The molecule has 4 aromatic rings. The normalized spacial score (nSPS) is 10.7. The summed E-state index contributed by atoms with van der Waals surface area (Å²) in [5.41, 5.74) is 4.14. The number of carbonyl (C=O) groups is 1. The van der Waals surface area contributed by atoms with Crippen molar-refractivity contribution in [1.29, 1.82) is 0 Å². The van der Waals surface area contributed by atoms with Gasteiger partial charge in [0.1, 0.15) is 5.75 Å². The van der Waals surface area contributed by atoms with Gasteiger partial charge in [-0.2, -0.15) is 0 Å². The smallest absolute Gasteiger partial charge is 0.295 e. The summed E-state index contributed by atoms with van der Waals surface area (Å²) < 4.78 is 6.88. The Morgan fingerprint density at radius 2 is 1.81 bits per heavy atom. The molecule has 1 N–H and O–H groups in total. The Balaban J connectivity index is 1.79. The maximum Gasteiger partial charge on any atom is 0.295 e. The quantitative estimate of drug-likeness (QED) is 0.454. The molecule has 1 amide bonds. The van der Waals surface area contributed by atoms with E-state index in [-0.39, 0.29) is 5.82 Å². The van der Waals surface area contributed by atoms with Crippen LogP contribution in [0.25, 0.3) is 17.1 Å². The second kappa shape index (κ2) is 8.62. The third kappa shape index (κ3) is 4.29. The molecule has 0 saturated carbocycles. The molecule has 0 unspecified atom stereocenters. The fraction of sp³-hybridized carbons (Fsp3) is 0.125. The SMILES string of the molecule is COc1cccc(NC(=O)c2nc(-c3cccc(C)c3)n(-c3cccc(Cl)c3C)n2)c1. The Hall–Kier alpha value is -3.64. The van der Waals surface area contributed by atoms with Gasteiger partial charge in [0.25, 0.3) is 5.91 Å². The Labute approximate surface area is 185 Å². The topological polar surface area (TPSA) is 69.0 Å². The van der Waals surface area contributed by atoms with E-state index in [1.165, 1.54) is 0 Å². The van der Waals surface area contributed by atoms with Crippen LogP contribution >= 0.6 is 11.6 Å². The molecule has 7 heteroatoms. The van der Waals surface area contributed by atoms with E-state index in [4.69, 9.17) is 16.3 Å². The Bertz CT molecular complexity index is 1270. The van der Waals surface area contributed by atoms with Crippen LogP contribution in [0.4, 0.5) is 5.69 Å². The van der Waals surface area contributed by atoms with Gasteiger partial charge in [0, 0.05) is 22.3 Å². The molecule has 1 heterocycles. The molecule has 0 bridgehead atoms. The van der Waals surface area contributed by atoms with Crippen LogP contribution in [0, 0.1) is 13.8 Å². The van der Waals surface area contributed by atoms with Crippen molar-refractivity contribution in [3.8, 4) is 22.8 Å². The number of ether oxygens (including phenoxy) is 1. The molecule has 3 aromatic carbocycles. The number of amides is 1. The fourth-order valence-electron chi connectivity index (χ4n) is 3.26. The summed E-state index contributed by atoms with van der Waals surface area (Å²) in [5, 5.41) is 7.98. The number of aryl methyl sites for hydroxylation is 1. The minimum atomic E-state index is -0.416. The second-order valence-electron chi connectivity index (χ2n) is 7.11. The number of aromatic nitrogens is 3. The summed E-state index contributed by atoms with van der Waals surface area (Å²) in [7, 11) is 1.58. The van der Waals surface area contributed by atoms with E-state index >= 15 is 0 Å². The van der Waals surface area contributed by atoms with E-state index in [0.29, 0.717) is 22.3 Å². The fourth-order valence-corrected chi connectivity index (χ4v) is 3.43. The third-order valence-electron chi connectivity index (χ3n) is 4.88. The van der Waals surface area contributed by atoms with E-state index in [1.807, 2.05) is 56.3 Å². The van der Waals surface area contributed by atoms with Crippen molar-refractivity contribution in [2.75, 3.05) is 12.4 Å². The van der Waals surface area contributed by atoms with E-state index in [1.54, 1.807) is 36.1 Å². The average molecular weight is 433 g/mol. The zero-order chi connectivity index (χ0) is 22.0. The number of methoxy groups -OCH3 is 1. The molecule has 0 atom stereocenters. The van der Waals surface area contributed by atoms with Crippen LogP contribution in [0.3, 0.4) is 0 Å². The lowest BCUT2D eigenvalue weighted by molar-refractivity contribution is 0.101. The van der Waals surface area contributed by atoms with Crippen molar-refractivity contribution in [3.05, 3.63) is 88.7 Å². The van der Waals surface area contributed by atoms with Crippen LogP contribution < -0.4 is 10.1 Å². The predicted octanol–water partition coefficient (Wildman–Crippen LogP) is 5.47. The summed E-state index contributed by atoms with van der Waals surface area (Å²) in [6.45, 7) is 3.92. The number of hydrogen-bond acceptors (Lipinski definition) is 4. The van der Waals surface area contributed by atoms with Crippen molar-refractivity contribution < 1.29 is 9.53 Å². The van der Waals surface area contributed by atoms with Gasteiger partial charge < -0.3 is 10.1 Å². The van der Waals surface area contributed by atoms with E-state index in [0.717, 1.165) is 22.4 Å². The third-order valence-corrected chi connectivity index (χ3v) is 5.29. The standard InChI is InChI=1S/C24H21ClN4O2/c1-15-7-4-8-17(13-15)23-27-22(24(30)26-18-9-5-10-19(14-18)31-3)28-29(23)21-12-6-11-20(25)16(21)2/h4-14H,1-3H3,(H,26,30).